The van der Waals surface area contributed by atoms with Crippen molar-refractivity contribution in [2.75, 3.05) is 0 Å². The molecule has 1 N–H and O–H groups in total. The zero-order chi connectivity index (χ0) is 15.6. The average molecular weight is 299 g/mol. The minimum atomic E-state index is 0.545. The van der Waals surface area contributed by atoms with Gasteiger partial charge in [0.1, 0.15) is 11.8 Å². The highest BCUT2D eigenvalue weighted by Gasteiger charge is 2.14. The van der Waals surface area contributed by atoms with Crippen molar-refractivity contribution in [1.82, 2.24) is 30.4 Å². The van der Waals surface area contributed by atoms with Crippen LogP contribution in [0.3, 0.4) is 0 Å². The van der Waals surface area contributed by atoms with Crippen LogP contribution in [0.1, 0.15) is 5.56 Å². The topological polar surface area (TPSA) is 104 Å². The predicted octanol–water partition coefficient (Wildman–Crippen LogP) is 2.35. The molecule has 3 aromatic heterocycles. The van der Waals surface area contributed by atoms with Crippen LogP contribution >= 0.6 is 0 Å². The summed E-state index contributed by atoms with van der Waals surface area (Å²) in [5.74, 6) is 0. The van der Waals surface area contributed by atoms with E-state index in [1.54, 1.807) is 24.5 Å². The lowest BCUT2D eigenvalue weighted by molar-refractivity contribution is 0.954. The third-order valence-electron chi connectivity index (χ3n) is 3.52. The summed E-state index contributed by atoms with van der Waals surface area (Å²) in [6.07, 6.45) is 4.83. The van der Waals surface area contributed by atoms with Crippen LogP contribution in [-0.4, -0.2) is 30.4 Å². The van der Waals surface area contributed by atoms with Crippen LogP contribution in [0, 0.1) is 11.3 Å². The van der Waals surface area contributed by atoms with E-state index in [4.69, 9.17) is 0 Å². The Kier molecular flexibility index (Phi) is 2.99. The maximum atomic E-state index is 9.45. The Balaban J connectivity index is 2.00. The first kappa shape index (κ1) is 13.0. The zero-order valence-corrected chi connectivity index (χ0v) is 11.8. The van der Waals surface area contributed by atoms with Gasteiger partial charge in [-0.3, -0.25) is 5.10 Å². The van der Waals surface area contributed by atoms with Gasteiger partial charge in [-0.1, -0.05) is 17.3 Å². The molecule has 0 unspecified atom stereocenters. The third-order valence-corrected chi connectivity index (χ3v) is 3.52. The molecule has 4 aromatic rings. The number of nitrogens with one attached hydrogen (secondary N) is 1. The second kappa shape index (κ2) is 5.27. The number of aromatic nitrogens is 6. The number of fused-ring (bicyclic) bond motifs is 1. The van der Waals surface area contributed by atoms with E-state index in [1.807, 2.05) is 18.2 Å². The molecular weight excluding hydrogens is 290 g/mol. The zero-order valence-electron chi connectivity index (χ0n) is 11.8. The van der Waals surface area contributed by atoms with Crippen molar-refractivity contribution in [3.63, 3.8) is 0 Å². The normalized spacial score (nSPS) is 10.6. The fourth-order valence-corrected chi connectivity index (χ4v) is 2.49. The summed E-state index contributed by atoms with van der Waals surface area (Å²) in [5.41, 5.74) is 5.00. The van der Waals surface area contributed by atoms with Gasteiger partial charge in [0, 0.05) is 23.5 Å². The lowest BCUT2D eigenvalue weighted by atomic mass is 9.94. The number of benzene rings is 1. The molecule has 7 nitrogen and oxygen atoms in total. The van der Waals surface area contributed by atoms with E-state index < -0.39 is 0 Å². The van der Waals surface area contributed by atoms with Crippen LogP contribution in [0.25, 0.3) is 33.5 Å². The van der Waals surface area contributed by atoms with Gasteiger partial charge in [0.05, 0.1) is 17.3 Å². The van der Waals surface area contributed by atoms with E-state index in [0.717, 1.165) is 22.2 Å². The number of H-pyrrole nitrogens is 1. The highest BCUT2D eigenvalue weighted by molar-refractivity contribution is 5.88. The second-order valence-corrected chi connectivity index (χ2v) is 4.84. The van der Waals surface area contributed by atoms with Crippen molar-refractivity contribution < 1.29 is 0 Å². The monoisotopic (exact) mass is 299 g/mol. The summed E-state index contributed by atoms with van der Waals surface area (Å²) < 4.78 is 0. The van der Waals surface area contributed by atoms with Crippen LogP contribution in [0.4, 0.5) is 0 Å². The maximum absolute atomic E-state index is 9.45. The Labute approximate surface area is 130 Å². The van der Waals surface area contributed by atoms with Gasteiger partial charge >= 0.3 is 0 Å². The molecule has 23 heavy (non-hydrogen) atoms. The molecule has 0 spiro atoms. The summed E-state index contributed by atoms with van der Waals surface area (Å²) in [5, 5.41) is 19.9. The number of hydrogen-bond acceptors (Lipinski definition) is 6. The molecule has 0 saturated carbocycles. The molecule has 7 heteroatoms. The fraction of sp³-hybridized carbons (Fsp3) is 0. The second-order valence-electron chi connectivity index (χ2n) is 4.84. The molecule has 0 saturated heterocycles. The quantitative estimate of drug-likeness (QED) is 0.609. The lowest BCUT2D eigenvalue weighted by Gasteiger charge is -2.10. The first-order valence-electron chi connectivity index (χ1n) is 6.83. The average Bonchev–Trinajstić information content (AvgIpc) is 3.09. The summed E-state index contributed by atoms with van der Waals surface area (Å²) in [6.45, 7) is 0. The minimum Gasteiger partial charge on any atom is -0.256 e. The van der Waals surface area contributed by atoms with Crippen molar-refractivity contribution in [2.45, 2.75) is 0 Å². The Bertz CT molecular complexity index is 1030. The predicted molar refractivity (Wildman–Crippen MR) is 82.9 cm³/mol. The largest absolute Gasteiger partial charge is 0.256 e. The number of rotatable bonds is 2. The van der Waals surface area contributed by atoms with Gasteiger partial charge in [0.2, 0.25) is 5.65 Å². The Morgan fingerprint density at radius 1 is 1.13 bits per heavy atom. The number of nitriles is 1. The third kappa shape index (κ3) is 2.18. The Morgan fingerprint density at radius 3 is 2.91 bits per heavy atom. The van der Waals surface area contributed by atoms with E-state index in [2.05, 4.69) is 36.4 Å². The molecule has 3 heterocycles. The lowest BCUT2D eigenvalue weighted by Crippen LogP contribution is -1.93. The molecule has 0 aliphatic heterocycles. The van der Waals surface area contributed by atoms with Gasteiger partial charge < -0.3 is 0 Å². The van der Waals surface area contributed by atoms with E-state index in [9.17, 15) is 5.26 Å². The molecule has 0 amide bonds. The van der Waals surface area contributed by atoms with E-state index in [1.165, 1.54) is 6.33 Å². The summed E-state index contributed by atoms with van der Waals surface area (Å²) in [7, 11) is 0. The van der Waals surface area contributed by atoms with E-state index in [-0.39, 0.29) is 0 Å². The van der Waals surface area contributed by atoms with E-state index in [0.29, 0.717) is 16.9 Å². The van der Waals surface area contributed by atoms with Gasteiger partial charge in [-0.25, -0.2) is 15.0 Å². The standard InChI is InChI=1S/C16H9N7/c17-7-10-2-1-3-12(15(10)13-4-5-18-9-20-13)11-6-14-16(19-8-11)22-23-21-14/h1-6,8-9H,(H,19,21,22,23). The minimum absolute atomic E-state index is 0.545. The first-order valence-corrected chi connectivity index (χ1v) is 6.83. The van der Waals surface area contributed by atoms with Gasteiger partial charge in [-0.2, -0.15) is 5.26 Å². The molecule has 0 aliphatic rings. The fourth-order valence-electron chi connectivity index (χ4n) is 2.49. The SMILES string of the molecule is N#Cc1cccc(-c2cnc3nn[nH]c3c2)c1-c1ccncn1. The van der Waals surface area contributed by atoms with Crippen LogP contribution < -0.4 is 0 Å². The van der Waals surface area contributed by atoms with Crippen LogP contribution in [0.5, 0.6) is 0 Å². The smallest absolute Gasteiger partial charge is 0.201 e. The van der Waals surface area contributed by atoms with Crippen molar-refractivity contribution >= 4 is 11.2 Å². The van der Waals surface area contributed by atoms with E-state index >= 15 is 0 Å². The van der Waals surface area contributed by atoms with Crippen molar-refractivity contribution in [3.8, 4) is 28.5 Å². The summed E-state index contributed by atoms with van der Waals surface area (Å²) >= 11 is 0. The molecule has 108 valence electrons. The van der Waals surface area contributed by atoms with Crippen LogP contribution in [-0.2, 0) is 0 Å². The first-order chi connectivity index (χ1) is 11.4. The maximum Gasteiger partial charge on any atom is 0.201 e. The molecule has 4 rings (SSSR count). The van der Waals surface area contributed by atoms with Crippen molar-refractivity contribution in [3.05, 3.63) is 54.6 Å². The number of hydrogen-bond donors (Lipinski definition) is 1. The highest BCUT2D eigenvalue weighted by Crippen LogP contribution is 2.33. The molecule has 0 fully saturated rings. The molecule has 0 bridgehead atoms. The Morgan fingerprint density at radius 2 is 2.09 bits per heavy atom. The summed E-state index contributed by atoms with van der Waals surface area (Å²) in [6, 6.07) is 11.5. The number of pyridine rings is 1. The van der Waals surface area contributed by atoms with Crippen molar-refractivity contribution in [2.24, 2.45) is 0 Å². The molecule has 0 atom stereocenters. The molecule has 0 radical (unpaired) electrons. The van der Waals surface area contributed by atoms with Crippen LogP contribution in [0.15, 0.2) is 49.1 Å². The molecular formula is C16H9N7. The van der Waals surface area contributed by atoms with Gasteiger partial charge in [-0.05, 0) is 23.8 Å². The Hall–Kier alpha value is -3.66. The molecule has 0 aliphatic carbocycles. The van der Waals surface area contributed by atoms with Crippen molar-refractivity contribution in [1.29, 1.82) is 5.26 Å². The number of nitrogens with zero attached hydrogens (tertiary/aromatic N) is 6. The highest BCUT2D eigenvalue weighted by atomic mass is 15.3. The van der Waals surface area contributed by atoms with Gasteiger partial charge in [0.15, 0.2) is 0 Å². The summed E-state index contributed by atoms with van der Waals surface area (Å²) in [4.78, 5) is 12.5. The van der Waals surface area contributed by atoms with Crippen LogP contribution in [0.2, 0.25) is 0 Å². The van der Waals surface area contributed by atoms with Gasteiger partial charge in [0.25, 0.3) is 0 Å². The number of aromatic amines is 1. The van der Waals surface area contributed by atoms with Gasteiger partial charge in [-0.15, -0.1) is 5.10 Å². The molecule has 1 aromatic carbocycles.